The summed E-state index contributed by atoms with van der Waals surface area (Å²) in [6, 6.07) is 14.5. The molecule has 1 amide bonds. The molecule has 1 aromatic heterocycles. The van der Waals surface area contributed by atoms with Gasteiger partial charge >= 0.3 is 5.97 Å². The molecule has 0 aliphatic carbocycles. The van der Waals surface area contributed by atoms with E-state index in [1.807, 2.05) is 35.7 Å². The van der Waals surface area contributed by atoms with Crippen molar-refractivity contribution in [3.05, 3.63) is 59.5 Å². The number of carbonyl (C=O) groups excluding carboxylic acids is 2. The van der Waals surface area contributed by atoms with E-state index in [2.05, 4.69) is 10.3 Å². The van der Waals surface area contributed by atoms with E-state index >= 15 is 0 Å². The van der Waals surface area contributed by atoms with Crippen LogP contribution in [0.3, 0.4) is 0 Å². The quantitative estimate of drug-likeness (QED) is 0.590. The maximum Gasteiger partial charge on any atom is 0.342 e. The Morgan fingerprint density at radius 3 is 2.48 bits per heavy atom. The number of nitrogens with zero attached hydrogens (tertiary/aromatic N) is 1. The van der Waals surface area contributed by atoms with Crippen LogP contribution in [0, 0.1) is 0 Å². The van der Waals surface area contributed by atoms with Gasteiger partial charge in [0.25, 0.3) is 5.91 Å². The van der Waals surface area contributed by atoms with Crippen molar-refractivity contribution in [3.63, 3.8) is 0 Å². The number of ether oxygens (including phenoxy) is 3. The summed E-state index contributed by atoms with van der Waals surface area (Å²) in [5.74, 6) is -0.517. The molecule has 0 spiro atoms. The Kier molecular flexibility index (Phi) is 6.46. The second kappa shape index (κ2) is 9.20. The van der Waals surface area contributed by atoms with Crippen molar-refractivity contribution in [2.75, 3.05) is 19.5 Å². The SMILES string of the molecule is COc1cccc(C(=O)OC(C)C(=O)Nc2nc(-c3ccccc3)cs2)c1OC. The molecule has 1 N–H and O–H groups in total. The van der Waals surface area contributed by atoms with Gasteiger partial charge in [0.05, 0.1) is 19.9 Å². The van der Waals surface area contributed by atoms with Gasteiger partial charge in [0.2, 0.25) is 0 Å². The molecule has 1 unspecified atom stereocenters. The Morgan fingerprint density at radius 2 is 1.79 bits per heavy atom. The van der Waals surface area contributed by atoms with Gasteiger partial charge in [-0.3, -0.25) is 10.1 Å². The van der Waals surface area contributed by atoms with Crippen LogP contribution in [0.25, 0.3) is 11.3 Å². The number of carbonyl (C=O) groups is 2. The Hall–Kier alpha value is -3.39. The number of methoxy groups -OCH3 is 2. The first-order valence-electron chi connectivity index (χ1n) is 8.77. The lowest BCUT2D eigenvalue weighted by molar-refractivity contribution is -0.123. The van der Waals surface area contributed by atoms with Gasteiger partial charge in [-0.05, 0) is 19.1 Å². The Labute approximate surface area is 172 Å². The maximum absolute atomic E-state index is 12.5. The fourth-order valence-corrected chi connectivity index (χ4v) is 3.33. The molecule has 3 aromatic rings. The normalized spacial score (nSPS) is 11.4. The predicted octanol–water partition coefficient (Wildman–Crippen LogP) is 4.01. The molecule has 3 rings (SSSR count). The summed E-state index contributed by atoms with van der Waals surface area (Å²) in [5, 5.41) is 4.95. The number of aromatic nitrogens is 1. The van der Waals surface area contributed by atoms with Crippen LogP contribution >= 0.6 is 11.3 Å². The zero-order valence-corrected chi connectivity index (χ0v) is 17.0. The van der Waals surface area contributed by atoms with E-state index in [4.69, 9.17) is 14.2 Å². The number of hydrogen-bond acceptors (Lipinski definition) is 7. The third kappa shape index (κ3) is 4.72. The van der Waals surface area contributed by atoms with Crippen LogP contribution < -0.4 is 14.8 Å². The van der Waals surface area contributed by atoms with Gasteiger partial charge in [0.1, 0.15) is 5.56 Å². The van der Waals surface area contributed by atoms with Crippen molar-refractivity contribution in [2.45, 2.75) is 13.0 Å². The van der Waals surface area contributed by atoms with Crippen molar-refractivity contribution in [2.24, 2.45) is 0 Å². The standard InChI is InChI=1S/C21H20N2O5S/c1-13(28-20(25)15-10-7-11-17(26-2)18(15)27-3)19(24)23-21-22-16(12-29-21)14-8-5-4-6-9-14/h4-13H,1-3H3,(H,22,23,24). The summed E-state index contributed by atoms with van der Waals surface area (Å²) in [6.45, 7) is 1.49. The minimum Gasteiger partial charge on any atom is -0.493 e. The summed E-state index contributed by atoms with van der Waals surface area (Å²) in [5.41, 5.74) is 1.89. The average molecular weight is 412 g/mol. The van der Waals surface area contributed by atoms with Gasteiger partial charge in [-0.1, -0.05) is 36.4 Å². The van der Waals surface area contributed by atoms with Gasteiger partial charge in [0.15, 0.2) is 22.7 Å². The topological polar surface area (TPSA) is 86.8 Å². The van der Waals surface area contributed by atoms with Gasteiger partial charge < -0.3 is 14.2 Å². The maximum atomic E-state index is 12.5. The molecule has 29 heavy (non-hydrogen) atoms. The lowest BCUT2D eigenvalue weighted by Crippen LogP contribution is -2.30. The first-order chi connectivity index (χ1) is 14.0. The molecule has 0 fully saturated rings. The van der Waals surface area contributed by atoms with Crippen molar-refractivity contribution < 1.29 is 23.8 Å². The highest BCUT2D eigenvalue weighted by molar-refractivity contribution is 7.14. The van der Waals surface area contributed by atoms with E-state index in [1.54, 1.807) is 18.2 Å². The van der Waals surface area contributed by atoms with Crippen molar-refractivity contribution >= 4 is 28.3 Å². The lowest BCUT2D eigenvalue weighted by Gasteiger charge is -2.15. The lowest BCUT2D eigenvalue weighted by atomic mass is 10.2. The largest absolute Gasteiger partial charge is 0.493 e. The molecule has 0 radical (unpaired) electrons. The molecule has 1 atom stereocenters. The van der Waals surface area contributed by atoms with Gasteiger partial charge in [0, 0.05) is 10.9 Å². The molecule has 0 saturated carbocycles. The van der Waals surface area contributed by atoms with Crippen molar-refractivity contribution in [3.8, 4) is 22.8 Å². The summed E-state index contributed by atoms with van der Waals surface area (Å²) in [4.78, 5) is 29.3. The second-order valence-electron chi connectivity index (χ2n) is 5.98. The number of esters is 1. The highest BCUT2D eigenvalue weighted by atomic mass is 32.1. The number of rotatable bonds is 7. The second-order valence-corrected chi connectivity index (χ2v) is 6.84. The van der Waals surface area contributed by atoms with Gasteiger partial charge in [-0.2, -0.15) is 0 Å². The van der Waals surface area contributed by atoms with E-state index in [9.17, 15) is 9.59 Å². The van der Waals surface area contributed by atoms with E-state index in [0.29, 0.717) is 10.9 Å². The van der Waals surface area contributed by atoms with Crippen LogP contribution in [0.4, 0.5) is 5.13 Å². The number of amides is 1. The monoisotopic (exact) mass is 412 g/mol. The molecule has 0 aliphatic rings. The third-order valence-corrected chi connectivity index (χ3v) is 4.84. The molecule has 8 heteroatoms. The summed E-state index contributed by atoms with van der Waals surface area (Å²) < 4.78 is 15.7. The molecule has 150 valence electrons. The minimum atomic E-state index is -1.03. The van der Waals surface area contributed by atoms with Crippen LogP contribution in [-0.4, -0.2) is 37.2 Å². The zero-order valence-electron chi connectivity index (χ0n) is 16.2. The highest BCUT2D eigenvalue weighted by Crippen LogP contribution is 2.31. The molecule has 0 aliphatic heterocycles. The zero-order chi connectivity index (χ0) is 20.8. The molecular formula is C21H20N2O5S. The molecule has 0 bridgehead atoms. The molecule has 7 nitrogen and oxygen atoms in total. The van der Waals surface area contributed by atoms with E-state index < -0.39 is 18.0 Å². The predicted molar refractivity (Wildman–Crippen MR) is 111 cm³/mol. The molecular weight excluding hydrogens is 392 g/mol. The summed E-state index contributed by atoms with van der Waals surface area (Å²) in [6.07, 6.45) is -1.03. The minimum absolute atomic E-state index is 0.173. The van der Waals surface area contributed by atoms with Crippen molar-refractivity contribution in [1.82, 2.24) is 4.98 Å². The number of para-hydroxylation sites is 1. The van der Waals surface area contributed by atoms with E-state index in [0.717, 1.165) is 11.3 Å². The molecule has 2 aromatic carbocycles. The van der Waals surface area contributed by atoms with E-state index in [-0.39, 0.29) is 11.3 Å². The Balaban J connectivity index is 1.66. The van der Waals surface area contributed by atoms with Crippen LogP contribution in [0.15, 0.2) is 53.9 Å². The number of nitrogens with one attached hydrogen (secondary N) is 1. The first-order valence-corrected chi connectivity index (χ1v) is 9.65. The Bertz CT molecular complexity index is 1000. The Morgan fingerprint density at radius 1 is 1.03 bits per heavy atom. The molecule has 1 heterocycles. The van der Waals surface area contributed by atoms with Crippen LogP contribution in [0.2, 0.25) is 0 Å². The number of thiazole rings is 1. The van der Waals surface area contributed by atoms with Gasteiger partial charge in [-0.15, -0.1) is 11.3 Å². The van der Waals surface area contributed by atoms with Crippen LogP contribution in [0.1, 0.15) is 17.3 Å². The van der Waals surface area contributed by atoms with Crippen LogP contribution in [-0.2, 0) is 9.53 Å². The van der Waals surface area contributed by atoms with Gasteiger partial charge in [-0.25, -0.2) is 9.78 Å². The number of benzene rings is 2. The fraction of sp³-hybridized carbons (Fsp3) is 0.190. The smallest absolute Gasteiger partial charge is 0.342 e. The average Bonchev–Trinajstić information content (AvgIpc) is 3.22. The number of anilines is 1. The fourth-order valence-electron chi connectivity index (χ4n) is 2.61. The highest BCUT2D eigenvalue weighted by Gasteiger charge is 2.23. The summed E-state index contributed by atoms with van der Waals surface area (Å²) in [7, 11) is 2.90. The first kappa shape index (κ1) is 20.3. The third-order valence-electron chi connectivity index (χ3n) is 4.08. The summed E-state index contributed by atoms with van der Waals surface area (Å²) >= 11 is 1.30. The van der Waals surface area contributed by atoms with Crippen molar-refractivity contribution in [1.29, 1.82) is 0 Å². The number of hydrogen-bond donors (Lipinski definition) is 1. The van der Waals surface area contributed by atoms with E-state index in [1.165, 1.54) is 32.5 Å². The molecule has 0 saturated heterocycles. The van der Waals surface area contributed by atoms with Crippen LogP contribution in [0.5, 0.6) is 11.5 Å².